The van der Waals surface area contributed by atoms with Crippen LogP contribution in [0.1, 0.15) is 38.7 Å². The molecule has 0 fully saturated rings. The third-order valence-corrected chi connectivity index (χ3v) is 3.10. The summed E-state index contributed by atoms with van der Waals surface area (Å²) in [7, 11) is 0. The van der Waals surface area contributed by atoms with Gasteiger partial charge in [0.1, 0.15) is 0 Å². The molecule has 0 bridgehead atoms. The summed E-state index contributed by atoms with van der Waals surface area (Å²) in [5, 5.41) is 2.84. The van der Waals surface area contributed by atoms with Gasteiger partial charge in [0.25, 0.3) is 0 Å². The van der Waals surface area contributed by atoms with E-state index in [0.717, 1.165) is 25.3 Å². The lowest BCUT2D eigenvalue weighted by molar-refractivity contribution is -0.137. The van der Waals surface area contributed by atoms with Crippen molar-refractivity contribution in [2.75, 3.05) is 5.32 Å². The van der Waals surface area contributed by atoms with Gasteiger partial charge in [-0.25, -0.2) is 0 Å². The molecule has 1 aromatic carbocycles. The Labute approximate surface area is 110 Å². The smallest absolute Gasteiger partial charge is 0.382 e. The number of hydrogen-bond acceptors (Lipinski definition) is 1. The summed E-state index contributed by atoms with van der Waals surface area (Å²) in [5.41, 5.74) is -0.326. The van der Waals surface area contributed by atoms with Gasteiger partial charge in [-0.3, -0.25) is 0 Å². The maximum absolute atomic E-state index is 12.7. The summed E-state index contributed by atoms with van der Waals surface area (Å²) in [6.07, 6.45) is -1.62. The maximum Gasteiger partial charge on any atom is 0.417 e. The fraction of sp³-hybridized carbons (Fsp3) is 0.538. The lowest BCUT2D eigenvalue weighted by Gasteiger charge is -2.19. The van der Waals surface area contributed by atoms with Gasteiger partial charge in [0, 0.05) is 11.7 Å². The minimum atomic E-state index is -4.42. The summed E-state index contributed by atoms with van der Waals surface area (Å²) >= 11 is 5.56. The Hall–Kier alpha value is -0.900. The van der Waals surface area contributed by atoms with Crippen molar-refractivity contribution >= 4 is 17.3 Å². The van der Waals surface area contributed by atoms with Crippen LogP contribution >= 0.6 is 11.6 Å². The normalized spacial score (nSPS) is 13.4. The first kappa shape index (κ1) is 15.2. The van der Waals surface area contributed by atoms with Gasteiger partial charge in [0.05, 0.1) is 10.6 Å². The minimum Gasteiger partial charge on any atom is -0.382 e. The number of nitrogens with one attached hydrogen (secondary N) is 1. The van der Waals surface area contributed by atoms with E-state index in [2.05, 4.69) is 5.32 Å². The number of rotatable bonds is 5. The molecule has 0 aliphatic rings. The molecule has 1 atom stereocenters. The average molecular weight is 280 g/mol. The number of alkyl halides is 3. The van der Waals surface area contributed by atoms with E-state index in [9.17, 15) is 13.2 Å². The topological polar surface area (TPSA) is 12.0 Å². The molecule has 1 aromatic rings. The zero-order valence-corrected chi connectivity index (χ0v) is 11.2. The first-order valence-electron chi connectivity index (χ1n) is 6.01. The first-order valence-corrected chi connectivity index (χ1v) is 6.39. The molecule has 1 nitrogen and oxygen atoms in total. The molecule has 0 saturated heterocycles. The third kappa shape index (κ3) is 4.09. The molecule has 1 unspecified atom stereocenters. The maximum atomic E-state index is 12.7. The second-order valence-corrected chi connectivity index (χ2v) is 4.64. The lowest BCUT2D eigenvalue weighted by Crippen LogP contribution is -2.18. The quantitative estimate of drug-likeness (QED) is 0.766. The summed E-state index contributed by atoms with van der Waals surface area (Å²) in [4.78, 5) is 0. The first-order chi connectivity index (χ1) is 8.38. The van der Waals surface area contributed by atoms with Crippen molar-refractivity contribution in [3.63, 3.8) is 0 Å². The second kappa shape index (κ2) is 6.32. The number of anilines is 1. The van der Waals surface area contributed by atoms with Crippen LogP contribution in [-0.4, -0.2) is 6.04 Å². The van der Waals surface area contributed by atoms with Gasteiger partial charge in [-0.1, -0.05) is 31.9 Å². The van der Waals surface area contributed by atoms with Crippen LogP contribution in [0.25, 0.3) is 0 Å². The van der Waals surface area contributed by atoms with Crippen LogP contribution < -0.4 is 5.32 Å². The predicted molar refractivity (Wildman–Crippen MR) is 69.1 cm³/mol. The van der Waals surface area contributed by atoms with Gasteiger partial charge in [-0.05, 0) is 31.0 Å². The van der Waals surface area contributed by atoms with Crippen LogP contribution in [0.2, 0.25) is 5.02 Å². The Balaban J connectivity index is 2.91. The monoisotopic (exact) mass is 279 g/mol. The van der Waals surface area contributed by atoms with Gasteiger partial charge in [-0.15, -0.1) is 0 Å². The van der Waals surface area contributed by atoms with E-state index in [-0.39, 0.29) is 11.1 Å². The van der Waals surface area contributed by atoms with Gasteiger partial charge in [-0.2, -0.15) is 13.2 Å². The minimum absolute atomic E-state index is 0.192. The Morgan fingerprint density at radius 1 is 1.28 bits per heavy atom. The lowest BCUT2D eigenvalue weighted by atomic mass is 10.1. The molecule has 0 radical (unpaired) electrons. The Kier molecular flexibility index (Phi) is 5.32. The fourth-order valence-electron chi connectivity index (χ4n) is 1.79. The van der Waals surface area contributed by atoms with Crippen molar-refractivity contribution < 1.29 is 13.2 Å². The van der Waals surface area contributed by atoms with Crippen molar-refractivity contribution in [3.8, 4) is 0 Å². The van der Waals surface area contributed by atoms with E-state index in [1.807, 2.05) is 13.8 Å². The van der Waals surface area contributed by atoms with Gasteiger partial charge < -0.3 is 5.32 Å². The van der Waals surface area contributed by atoms with Crippen LogP contribution in [0.15, 0.2) is 18.2 Å². The molecule has 1 rings (SSSR count). The molecule has 0 aliphatic heterocycles. The van der Waals surface area contributed by atoms with E-state index in [1.165, 1.54) is 6.07 Å². The predicted octanol–water partition coefficient (Wildman–Crippen LogP) is 5.35. The van der Waals surface area contributed by atoms with E-state index in [4.69, 9.17) is 11.6 Å². The molecule has 0 spiro atoms. The third-order valence-electron chi connectivity index (χ3n) is 2.77. The van der Waals surface area contributed by atoms with Crippen molar-refractivity contribution in [1.82, 2.24) is 0 Å². The van der Waals surface area contributed by atoms with Crippen molar-refractivity contribution in [2.24, 2.45) is 0 Å². The highest BCUT2D eigenvalue weighted by Gasteiger charge is 2.33. The zero-order chi connectivity index (χ0) is 13.8. The summed E-state index contributed by atoms with van der Waals surface area (Å²) in [6, 6.07) is 4.12. The number of benzene rings is 1. The average Bonchev–Trinajstić information content (AvgIpc) is 2.29. The Morgan fingerprint density at radius 3 is 2.44 bits per heavy atom. The van der Waals surface area contributed by atoms with E-state index in [0.29, 0.717) is 5.69 Å². The van der Waals surface area contributed by atoms with Crippen molar-refractivity contribution in [1.29, 1.82) is 0 Å². The van der Waals surface area contributed by atoms with Gasteiger partial charge >= 0.3 is 6.18 Å². The Morgan fingerprint density at radius 2 is 1.94 bits per heavy atom. The van der Waals surface area contributed by atoms with Crippen LogP contribution in [-0.2, 0) is 6.18 Å². The second-order valence-electron chi connectivity index (χ2n) is 4.23. The van der Waals surface area contributed by atoms with Crippen LogP contribution in [0.4, 0.5) is 18.9 Å². The van der Waals surface area contributed by atoms with Crippen LogP contribution in [0.3, 0.4) is 0 Å². The van der Waals surface area contributed by atoms with Crippen molar-refractivity contribution in [2.45, 2.75) is 45.3 Å². The molecule has 0 saturated carbocycles. The molecule has 0 aliphatic carbocycles. The largest absolute Gasteiger partial charge is 0.417 e. The molecule has 0 aromatic heterocycles. The highest BCUT2D eigenvalue weighted by molar-refractivity contribution is 6.31. The highest BCUT2D eigenvalue weighted by atomic mass is 35.5. The summed E-state index contributed by atoms with van der Waals surface area (Å²) in [6.45, 7) is 4.06. The summed E-state index contributed by atoms with van der Waals surface area (Å²) in [5.74, 6) is 0. The molecular weight excluding hydrogens is 263 g/mol. The number of halogens is 4. The van der Waals surface area contributed by atoms with Crippen LogP contribution in [0.5, 0.6) is 0 Å². The highest BCUT2D eigenvalue weighted by Crippen LogP contribution is 2.36. The molecular formula is C13H17ClF3N. The van der Waals surface area contributed by atoms with Gasteiger partial charge in [0.2, 0.25) is 0 Å². The zero-order valence-electron chi connectivity index (χ0n) is 10.4. The molecule has 18 heavy (non-hydrogen) atoms. The van der Waals surface area contributed by atoms with Crippen LogP contribution in [0, 0.1) is 0 Å². The van der Waals surface area contributed by atoms with Gasteiger partial charge in [0.15, 0.2) is 0 Å². The standard InChI is InChI=1S/C13H17ClF3N/c1-3-5-9(4-2)18-10-6-7-12(14)11(8-10)13(15,16)17/h6-9,18H,3-5H2,1-2H3. The van der Waals surface area contributed by atoms with E-state index >= 15 is 0 Å². The fourth-order valence-corrected chi connectivity index (χ4v) is 2.02. The molecule has 1 N–H and O–H groups in total. The SMILES string of the molecule is CCCC(CC)Nc1ccc(Cl)c(C(F)(F)F)c1. The van der Waals surface area contributed by atoms with Crippen molar-refractivity contribution in [3.05, 3.63) is 28.8 Å². The Bertz CT molecular complexity index is 390. The number of hydrogen-bond donors (Lipinski definition) is 1. The van der Waals surface area contributed by atoms with E-state index < -0.39 is 11.7 Å². The molecule has 0 amide bonds. The molecule has 0 heterocycles. The summed E-state index contributed by atoms with van der Waals surface area (Å²) < 4.78 is 38.1. The van der Waals surface area contributed by atoms with E-state index in [1.54, 1.807) is 6.07 Å². The molecule has 5 heteroatoms. The molecule has 102 valence electrons.